The quantitative estimate of drug-likeness (QED) is 0.224. The second kappa shape index (κ2) is 13.5. The normalized spacial score (nSPS) is 12.9. The van der Waals surface area contributed by atoms with Crippen molar-refractivity contribution >= 4 is 30.7 Å². The van der Waals surface area contributed by atoms with Crippen LogP contribution in [0.3, 0.4) is 0 Å². The highest BCUT2D eigenvalue weighted by atomic mass is 32.2. The summed E-state index contributed by atoms with van der Waals surface area (Å²) in [7, 11) is -1.65. The third-order valence-corrected chi connectivity index (χ3v) is 4.68. The number of nitrogens with one attached hydrogen (secondary N) is 2. The summed E-state index contributed by atoms with van der Waals surface area (Å²) in [5.41, 5.74) is 6.31. The highest BCUT2D eigenvalue weighted by molar-refractivity contribution is 7.98. The van der Waals surface area contributed by atoms with Crippen LogP contribution in [-0.4, -0.2) is 64.5 Å². The highest BCUT2D eigenvalue weighted by Crippen LogP contribution is 2.06. The minimum Gasteiger partial charge on any atom is -0.426 e. The average Bonchev–Trinajstić information content (AvgIpc) is 2.64. The van der Waals surface area contributed by atoms with Crippen LogP contribution in [0, 0.1) is 0 Å². The smallest absolute Gasteiger partial charge is 0.426 e. The van der Waals surface area contributed by atoms with Gasteiger partial charge in [-0.15, -0.1) is 0 Å². The molecule has 0 spiro atoms. The molecule has 1 rings (SSSR count). The molecule has 1 heterocycles. The lowest BCUT2D eigenvalue weighted by molar-refractivity contribution is -0.129. The molecule has 8 nitrogen and oxygen atoms in total. The Morgan fingerprint density at radius 3 is 2.52 bits per heavy atom. The Kier molecular flexibility index (Phi) is 11.7. The SMILES string of the molecule is CSCC[C@H](NC(=O)[C@H](CCCCN)NC(=O)Cc1ccncc1)B(O)O. The topological polar surface area (TPSA) is 138 Å². The lowest BCUT2D eigenvalue weighted by Crippen LogP contribution is -2.54. The van der Waals surface area contributed by atoms with Crippen LogP contribution < -0.4 is 16.4 Å². The molecule has 0 radical (unpaired) electrons. The van der Waals surface area contributed by atoms with Gasteiger partial charge in [-0.2, -0.15) is 11.8 Å². The van der Waals surface area contributed by atoms with Crippen molar-refractivity contribution in [1.82, 2.24) is 15.6 Å². The van der Waals surface area contributed by atoms with E-state index in [1.807, 2.05) is 6.26 Å². The molecule has 0 fully saturated rings. The maximum Gasteiger partial charge on any atom is 0.475 e. The summed E-state index contributed by atoms with van der Waals surface area (Å²) in [6, 6.07) is 2.73. The molecule has 1 aromatic rings. The zero-order chi connectivity index (χ0) is 20.1. The number of carbonyl (C=O) groups is 2. The number of unbranched alkanes of at least 4 members (excludes halogenated alkanes) is 1. The van der Waals surface area contributed by atoms with Gasteiger partial charge < -0.3 is 26.4 Å². The molecule has 0 unspecified atom stereocenters. The van der Waals surface area contributed by atoms with Crippen molar-refractivity contribution in [3.63, 3.8) is 0 Å². The van der Waals surface area contributed by atoms with E-state index in [0.717, 1.165) is 12.0 Å². The van der Waals surface area contributed by atoms with E-state index in [1.165, 1.54) is 0 Å². The molecular formula is C17H29BN4O4S. The lowest BCUT2D eigenvalue weighted by Gasteiger charge is -2.23. The van der Waals surface area contributed by atoms with Gasteiger partial charge in [0.1, 0.15) is 6.04 Å². The van der Waals surface area contributed by atoms with Crippen molar-refractivity contribution in [1.29, 1.82) is 0 Å². The molecule has 2 amide bonds. The van der Waals surface area contributed by atoms with Crippen LogP contribution in [0.1, 0.15) is 31.2 Å². The summed E-state index contributed by atoms with van der Waals surface area (Å²) in [6.07, 6.45) is 7.52. The van der Waals surface area contributed by atoms with Gasteiger partial charge in [-0.1, -0.05) is 0 Å². The van der Waals surface area contributed by atoms with E-state index in [0.29, 0.717) is 31.6 Å². The van der Waals surface area contributed by atoms with Crippen LogP contribution >= 0.6 is 11.8 Å². The van der Waals surface area contributed by atoms with Gasteiger partial charge in [0.25, 0.3) is 0 Å². The number of aromatic nitrogens is 1. The summed E-state index contributed by atoms with van der Waals surface area (Å²) in [6.45, 7) is 0.505. The zero-order valence-electron chi connectivity index (χ0n) is 15.6. The summed E-state index contributed by atoms with van der Waals surface area (Å²) in [5, 5.41) is 24.3. The molecule has 2 atom stereocenters. The maximum atomic E-state index is 12.6. The second-order valence-corrected chi connectivity index (χ2v) is 7.23. The number of hydrogen-bond acceptors (Lipinski definition) is 7. The number of hydrogen-bond donors (Lipinski definition) is 5. The minimum absolute atomic E-state index is 0.141. The molecule has 0 aliphatic rings. The minimum atomic E-state index is -1.65. The molecule has 0 aliphatic carbocycles. The standard InChI is InChI=1S/C17H29BN4O4S/c1-27-11-7-15(18(25)26)22-17(24)14(4-2-3-8-19)21-16(23)12-13-5-9-20-10-6-13/h5-6,9-10,14-15,25-26H,2-4,7-8,11-12,19H2,1H3,(H,21,23)(H,22,24)/t14-,15-/m0/s1. The van der Waals surface area contributed by atoms with Crippen molar-refractivity contribution < 1.29 is 19.6 Å². The Bertz CT molecular complexity index is 565. The van der Waals surface area contributed by atoms with E-state index in [2.05, 4.69) is 15.6 Å². The average molecular weight is 396 g/mol. The van der Waals surface area contributed by atoms with Crippen LogP contribution in [0.25, 0.3) is 0 Å². The Labute approximate surface area is 164 Å². The highest BCUT2D eigenvalue weighted by Gasteiger charge is 2.28. The third-order valence-electron chi connectivity index (χ3n) is 4.03. The van der Waals surface area contributed by atoms with Crippen LogP contribution in [-0.2, 0) is 16.0 Å². The molecule has 0 aromatic carbocycles. The fourth-order valence-electron chi connectivity index (χ4n) is 2.52. The molecule has 10 heteroatoms. The van der Waals surface area contributed by atoms with Crippen molar-refractivity contribution in [3.05, 3.63) is 30.1 Å². The number of amides is 2. The second-order valence-electron chi connectivity index (χ2n) is 6.25. The predicted octanol–water partition coefficient (Wildman–Crippen LogP) is -0.512. The maximum absolute atomic E-state index is 12.6. The largest absolute Gasteiger partial charge is 0.475 e. The summed E-state index contributed by atoms with van der Waals surface area (Å²) >= 11 is 1.55. The predicted molar refractivity (Wildman–Crippen MR) is 108 cm³/mol. The van der Waals surface area contributed by atoms with Crippen LogP contribution in [0.5, 0.6) is 0 Å². The third kappa shape index (κ3) is 9.76. The Hall–Kier alpha value is -1.62. The fourth-order valence-corrected chi connectivity index (χ4v) is 3.01. The van der Waals surface area contributed by atoms with E-state index >= 15 is 0 Å². The first-order valence-electron chi connectivity index (χ1n) is 9.01. The van der Waals surface area contributed by atoms with Crippen LogP contribution in [0.4, 0.5) is 0 Å². The monoisotopic (exact) mass is 396 g/mol. The summed E-state index contributed by atoms with van der Waals surface area (Å²) in [5.74, 6) is -0.804. The van der Waals surface area contributed by atoms with Gasteiger partial charge in [0.2, 0.25) is 11.8 Å². The van der Waals surface area contributed by atoms with Crippen molar-refractivity contribution in [3.8, 4) is 0 Å². The number of nitrogens with two attached hydrogens (primary N) is 1. The number of carbonyl (C=O) groups excluding carboxylic acids is 2. The van der Waals surface area contributed by atoms with E-state index in [9.17, 15) is 19.6 Å². The van der Waals surface area contributed by atoms with Crippen LogP contribution in [0.2, 0.25) is 0 Å². The lowest BCUT2D eigenvalue weighted by atomic mass is 9.77. The molecule has 150 valence electrons. The van der Waals surface area contributed by atoms with E-state index in [-0.39, 0.29) is 12.3 Å². The summed E-state index contributed by atoms with van der Waals surface area (Å²) < 4.78 is 0. The molecular weight excluding hydrogens is 367 g/mol. The van der Waals surface area contributed by atoms with Crippen LogP contribution in [0.15, 0.2) is 24.5 Å². The first-order valence-corrected chi connectivity index (χ1v) is 10.4. The van der Waals surface area contributed by atoms with E-state index < -0.39 is 25.0 Å². The molecule has 0 aliphatic heterocycles. The number of thioether (sulfide) groups is 1. The van der Waals surface area contributed by atoms with Gasteiger partial charge in [-0.25, -0.2) is 0 Å². The van der Waals surface area contributed by atoms with Crippen molar-refractivity contribution in [2.24, 2.45) is 5.73 Å². The molecule has 27 heavy (non-hydrogen) atoms. The van der Waals surface area contributed by atoms with E-state index in [4.69, 9.17) is 5.73 Å². The Balaban J connectivity index is 2.69. The van der Waals surface area contributed by atoms with Gasteiger partial charge in [0.15, 0.2) is 0 Å². The zero-order valence-corrected chi connectivity index (χ0v) is 16.5. The Morgan fingerprint density at radius 1 is 1.22 bits per heavy atom. The molecule has 0 saturated carbocycles. The van der Waals surface area contributed by atoms with Gasteiger partial charge in [0, 0.05) is 12.4 Å². The van der Waals surface area contributed by atoms with Crippen molar-refractivity contribution in [2.45, 2.75) is 44.1 Å². The molecule has 0 bridgehead atoms. The molecule has 1 aromatic heterocycles. The van der Waals surface area contributed by atoms with E-state index in [1.54, 1.807) is 36.3 Å². The van der Waals surface area contributed by atoms with Gasteiger partial charge in [0.05, 0.1) is 12.4 Å². The Morgan fingerprint density at radius 2 is 1.93 bits per heavy atom. The molecule has 6 N–H and O–H groups in total. The number of nitrogens with zero attached hydrogens (tertiary/aromatic N) is 1. The fraction of sp³-hybridized carbons (Fsp3) is 0.588. The molecule has 0 saturated heterocycles. The number of rotatable bonds is 13. The van der Waals surface area contributed by atoms with Gasteiger partial charge in [-0.05, 0) is 61.9 Å². The first kappa shape index (κ1) is 23.4. The first-order chi connectivity index (χ1) is 13.0. The number of pyridine rings is 1. The van der Waals surface area contributed by atoms with Crippen molar-refractivity contribution in [2.75, 3.05) is 18.6 Å². The van der Waals surface area contributed by atoms with Gasteiger partial charge >= 0.3 is 7.12 Å². The summed E-state index contributed by atoms with van der Waals surface area (Å²) in [4.78, 5) is 28.8. The van der Waals surface area contributed by atoms with Gasteiger partial charge in [-0.3, -0.25) is 14.6 Å².